The van der Waals surface area contributed by atoms with Gasteiger partial charge in [-0.1, -0.05) is 11.8 Å². The topological polar surface area (TPSA) is 17.1 Å². The van der Waals surface area contributed by atoms with Crippen LogP contribution < -0.4 is 0 Å². The van der Waals surface area contributed by atoms with Gasteiger partial charge in [-0.15, -0.1) is 12.8 Å². The SMILES string of the molecule is C#Cc1ccc(C=O)c(-c2cscc2C#C)c1. The molecule has 0 aliphatic rings. The Kier molecular flexibility index (Phi) is 3.10. The number of carbonyl (C=O) groups is 1. The maximum absolute atomic E-state index is 11.0. The van der Waals surface area contributed by atoms with Crippen LogP contribution in [-0.2, 0) is 0 Å². The molecule has 0 spiro atoms. The Hall–Kier alpha value is -2.29. The molecule has 1 aromatic carbocycles. The lowest BCUT2D eigenvalue weighted by molar-refractivity contribution is 0.112. The van der Waals surface area contributed by atoms with Gasteiger partial charge in [0.25, 0.3) is 0 Å². The Morgan fingerprint density at radius 3 is 2.59 bits per heavy atom. The molecule has 0 unspecified atom stereocenters. The zero-order valence-corrected chi connectivity index (χ0v) is 9.75. The highest BCUT2D eigenvalue weighted by atomic mass is 32.1. The normalized spacial score (nSPS) is 9.29. The van der Waals surface area contributed by atoms with E-state index in [0.29, 0.717) is 5.56 Å². The zero-order chi connectivity index (χ0) is 12.3. The second kappa shape index (κ2) is 4.70. The summed E-state index contributed by atoms with van der Waals surface area (Å²) in [5.74, 6) is 5.16. The summed E-state index contributed by atoms with van der Waals surface area (Å²) in [5.41, 5.74) is 3.80. The van der Waals surface area contributed by atoms with E-state index in [1.807, 2.05) is 16.8 Å². The molecule has 2 aromatic rings. The standard InChI is InChI=1S/C15H8OS/c1-3-11-5-6-13(8-16)14(7-11)15-10-17-9-12(15)4-2/h1-2,5-10H. The van der Waals surface area contributed by atoms with Crippen molar-refractivity contribution in [2.75, 3.05) is 0 Å². The van der Waals surface area contributed by atoms with Crippen LogP contribution in [-0.4, -0.2) is 6.29 Å². The molecule has 0 atom stereocenters. The summed E-state index contributed by atoms with van der Waals surface area (Å²) in [6.45, 7) is 0. The van der Waals surface area contributed by atoms with E-state index in [-0.39, 0.29) is 0 Å². The van der Waals surface area contributed by atoms with Crippen molar-refractivity contribution < 1.29 is 4.79 Å². The largest absolute Gasteiger partial charge is 0.298 e. The lowest BCUT2D eigenvalue weighted by Gasteiger charge is -2.04. The van der Waals surface area contributed by atoms with Crippen LogP contribution in [0.5, 0.6) is 0 Å². The fourth-order valence-electron chi connectivity index (χ4n) is 1.60. The Labute approximate surface area is 104 Å². The molecule has 0 saturated carbocycles. The fraction of sp³-hybridized carbons (Fsp3) is 0. The fourth-order valence-corrected chi connectivity index (χ4v) is 2.39. The number of carbonyl (C=O) groups excluding carboxylic acids is 1. The molecule has 0 aliphatic heterocycles. The van der Waals surface area contributed by atoms with Crippen molar-refractivity contribution in [1.82, 2.24) is 0 Å². The highest BCUT2D eigenvalue weighted by Gasteiger charge is 2.09. The minimum atomic E-state index is 0.596. The van der Waals surface area contributed by atoms with E-state index in [1.54, 1.807) is 12.1 Å². The average molecular weight is 236 g/mol. The van der Waals surface area contributed by atoms with Gasteiger partial charge in [-0.25, -0.2) is 0 Å². The monoisotopic (exact) mass is 236 g/mol. The van der Waals surface area contributed by atoms with E-state index in [2.05, 4.69) is 11.8 Å². The second-order valence-electron chi connectivity index (χ2n) is 3.41. The Morgan fingerprint density at radius 2 is 1.94 bits per heavy atom. The van der Waals surface area contributed by atoms with Gasteiger partial charge in [0.1, 0.15) is 0 Å². The number of terminal acetylenes is 2. The molecule has 0 amide bonds. The van der Waals surface area contributed by atoms with Gasteiger partial charge in [0, 0.05) is 27.6 Å². The van der Waals surface area contributed by atoms with Crippen molar-refractivity contribution in [2.45, 2.75) is 0 Å². The Morgan fingerprint density at radius 1 is 1.12 bits per heavy atom. The molecule has 1 heterocycles. The van der Waals surface area contributed by atoms with Crippen LogP contribution in [0.25, 0.3) is 11.1 Å². The van der Waals surface area contributed by atoms with Crippen molar-refractivity contribution >= 4 is 17.6 Å². The van der Waals surface area contributed by atoms with Gasteiger partial charge in [0.05, 0.1) is 0 Å². The predicted octanol–water partition coefficient (Wildman–Crippen LogP) is 3.19. The van der Waals surface area contributed by atoms with Crippen molar-refractivity contribution in [3.8, 4) is 35.8 Å². The maximum Gasteiger partial charge on any atom is 0.150 e. The number of benzene rings is 1. The van der Waals surface area contributed by atoms with Crippen LogP contribution in [0.3, 0.4) is 0 Å². The van der Waals surface area contributed by atoms with Crippen LogP contribution in [0.15, 0.2) is 29.0 Å². The van der Waals surface area contributed by atoms with E-state index in [4.69, 9.17) is 12.8 Å². The van der Waals surface area contributed by atoms with E-state index in [0.717, 1.165) is 28.5 Å². The summed E-state index contributed by atoms with van der Waals surface area (Å²) in [6, 6.07) is 5.28. The molecule has 0 radical (unpaired) electrons. The summed E-state index contributed by atoms with van der Waals surface area (Å²) in [6.07, 6.45) is 11.6. The summed E-state index contributed by atoms with van der Waals surface area (Å²) < 4.78 is 0. The van der Waals surface area contributed by atoms with Gasteiger partial charge in [0.2, 0.25) is 0 Å². The average Bonchev–Trinajstić information content (AvgIpc) is 2.86. The molecule has 0 N–H and O–H groups in total. The minimum absolute atomic E-state index is 0.596. The smallest absolute Gasteiger partial charge is 0.150 e. The van der Waals surface area contributed by atoms with Crippen LogP contribution in [0.1, 0.15) is 21.5 Å². The van der Waals surface area contributed by atoms with E-state index in [9.17, 15) is 4.79 Å². The highest BCUT2D eigenvalue weighted by Crippen LogP contribution is 2.29. The lowest BCUT2D eigenvalue weighted by atomic mass is 9.97. The van der Waals surface area contributed by atoms with Gasteiger partial charge < -0.3 is 0 Å². The lowest BCUT2D eigenvalue weighted by Crippen LogP contribution is -1.89. The predicted molar refractivity (Wildman–Crippen MR) is 71.0 cm³/mol. The number of hydrogen-bond acceptors (Lipinski definition) is 2. The first-order chi connectivity index (χ1) is 8.30. The van der Waals surface area contributed by atoms with Crippen molar-refractivity contribution in [2.24, 2.45) is 0 Å². The minimum Gasteiger partial charge on any atom is -0.298 e. The Bertz CT molecular complexity index is 650. The molecule has 0 fully saturated rings. The highest BCUT2D eigenvalue weighted by molar-refractivity contribution is 7.08. The summed E-state index contributed by atoms with van der Waals surface area (Å²) >= 11 is 1.51. The molecule has 2 heteroatoms. The number of thiophene rings is 1. The zero-order valence-electron chi connectivity index (χ0n) is 8.94. The third kappa shape index (κ3) is 1.99. The molecular weight excluding hydrogens is 228 g/mol. The van der Waals surface area contributed by atoms with Crippen LogP contribution >= 0.6 is 11.3 Å². The first-order valence-electron chi connectivity index (χ1n) is 4.89. The quantitative estimate of drug-likeness (QED) is 0.578. The molecule has 1 aromatic heterocycles. The van der Waals surface area contributed by atoms with Gasteiger partial charge in [-0.05, 0) is 29.1 Å². The van der Waals surface area contributed by atoms with Gasteiger partial charge >= 0.3 is 0 Å². The molecular formula is C15H8OS. The third-order valence-electron chi connectivity index (χ3n) is 2.45. The van der Waals surface area contributed by atoms with Crippen LogP contribution in [0.2, 0.25) is 0 Å². The molecule has 0 aliphatic carbocycles. The van der Waals surface area contributed by atoms with Crippen molar-refractivity contribution in [3.05, 3.63) is 45.6 Å². The van der Waals surface area contributed by atoms with E-state index >= 15 is 0 Å². The van der Waals surface area contributed by atoms with Crippen LogP contribution in [0.4, 0.5) is 0 Å². The summed E-state index contributed by atoms with van der Waals surface area (Å²) in [4.78, 5) is 11.0. The molecule has 80 valence electrons. The van der Waals surface area contributed by atoms with Gasteiger partial charge in [-0.2, -0.15) is 11.3 Å². The summed E-state index contributed by atoms with van der Waals surface area (Å²) in [5, 5.41) is 3.81. The Balaban J connectivity index is 2.70. The first-order valence-corrected chi connectivity index (χ1v) is 5.83. The number of rotatable bonds is 2. The van der Waals surface area contributed by atoms with E-state index < -0.39 is 0 Å². The second-order valence-corrected chi connectivity index (χ2v) is 4.15. The number of hydrogen-bond donors (Lipinski definition) is 0. The van der Waals surface area contributed by atoms with Crippen LogP contribution in [0, 0.1) is 24.7 Å². The summed E-state index contributed by atoms with van der Waals surface area (Å²) in [7, 11) is 0. The van der Waals surface area contributed by atoms with Crippen molar-refractivity contribution in [1.29, 1.82) is 0 Å². The number of aldehydes is 1. The molecule has 1 nitrogen and oxygen atoms in total. The molecule has 2 rings (SSSR count). The van der Waals surface area contributed by atoms with E-state index in [1.165, 1.54) is 11.3 Å². The first kappa shape index (κ1) is 11.2. The molecule has 0 saturated heterocycles. The molecule has 0 bridgehead atoms. The van der Waals surface area contributed by atoms with Crippen molar-refractivity contribution in [3.63, 3.8) is 0 Å². The van der Waals surface area contributed by atoms with Gasteiger partial charge in [0.15, 0.2) is 6.29 Å². The maximum atomic E-state index is 11.0. The molecule has 17 heavy (non-hydrogen) atoms. The third-order valence-corrected chi connectivity index (χ3v) is 3.20. The van der Waals surface area contributed by atoms with Gasteiger partial charge in [-0.3, -0.25) is 4.79 Å².